The lowest BCUT2D eigenvalue weighted by molar-refractivity contribution is -0.144. The number of benzene rings is 1. The highest BCUT2D eigenvalue weighted by atomic mass is 19.1. The number of aliphatic carboxylic acids is 1. The topological polar surface area (TPSA) is 58.6 Å². The maximum atomic E-state index is 13.1. The largest absolute Gasteiger partial charge is 0.496 e. The quantitative estimate of drug-likeness (QED) is 0.818. The van der Waals surface area contributed by atoms with E-state index in [0.717, 1.165) is 0 Å². The van der Waals surface area contributed by atoms with Crippen molar-refractivity contribution in [2.45, 2.75) is 32.4 Å². The molecule has 0 radical (unpaired) electrons. The SMILES string of the molecule is CCC(C)(NCc1cc(F)ccc1OC)C(=O)O. The van der Waals surface area contributed by atoms with Gasteiger partial charge in [-0.15, -0.1) is 0 Å². The Morgan fingerprint density at radius 2 is 2.22 bits per heavy atom. The summed E-state index contributed by atoms with van der Waals surface area (Å²) in [6.07, 6.45) is 0.431. The van der Waals surface area contributed by atoms with Gasteiger partial charge in [0.1, 0.15) is 17.1 Å². The van der Waals surface area contributed by atoms with Gasteiger partial charge >= 0.3 is 5.97 Å². The normalized spacial score (nSPS) is 14.0. The molecule has 1 rings (SSSR count). The van der Waals surface area contributed by atoms with E-state index in [-0.39, 0.29) is 12.4 Å². The van der Waals surface area contributed by atoms with Crippen molar-refractivity contribution < 1.29 is 19.0 Å². The molecule has 0 aliphatic carbocycles. The fourth-order valence-corrected chi connectivity index (χ4v) is 1.53. The van der Waals surface area contributed by atoms with Crippen LogP contribution in [0.1, 0.15) is 25.8 Å². The van der Waals surface area contributed by atoms with Crippen LogP contribution in [0, 0.1) is 5.82 Å². The number of hydrogen-bond acceptors (Lipinski definition) is 3. The Morgan fingerprint density at radius 1 is 1.56 bits per heavy atom. The Bertz CT molecular complexity index is 436. The van der Waals surface area contributed by atoms with Crippen molar-refractivity contribution in [1.29, 1.82) is 0 Å². The molecule has 0 bridgehead atoms. The fraction of sp³-hybridized carbons (Fsp3) is 0.462. The lowest BCUT2D eigenvalue weighted by Gasteiger charge is -2.25. The molecule has 0 heterocycles. The van der Waals surface area contributed by atoms with Crippen LogP contribution in [0.2, 0.25) is 0 Å². The third-order valence-electron chi connectivity index (χ3n) is 3.09. The van der Waals surface area contributed by atoms with Crippen molar-refractivity contribution in [3.63, 3.8) is 0 Å². The molecule has 0 saturated carbocycles. The highest BCUT2D eigenvalue weighted by Crippen LogP contribution is 2.20. The zero-order valence-electron chi connectivity index (χ0n) is 10.8. The van der Waals surface area contributed by atoms with E-state index in [1.54, 1.807) is 13.8 Å². The van der Waals surface area contributed by atoms with Crippen molar-refractivity contribution in [3.8, 4) is 5.75 Å². The summed E-state index contributed by atoms with van der Waals surface area (Å²) in [4.78, 5) is 11.1. The van der Waals surface area contributed by atoms with Crippen LogP contribution in [0.15, 0.2) is 18.2 Å². The maximum Gasteiger partial charge on any atom is 0.323 e. The number of rotatable bonds is 6. The molecule has 2 N–H and O–H groups in total. The van der Waals surface area contributed by atoms with Crippen molar-refractivity contribution in [2.24, 2.45) is 0 Å². The van der Waals surface area contributed by atoms with Crippen LogP contribution in [0.3, 0.4) is 0 Å². The Morgan fingerprint density at radius 3 is 2.72 bits per heavy atom. The van der Waals surface area contributed by atoms with Crippen LogP contribution in [0.25, 0.3) is 0 Å². The maximum absolute atomic E-state index is 13.1. The minimum atomic E-state index is -1.03. The molecule has 0 aromatic heterocycles. The van der Waals surface area contributed by atoms with Crippen molar-refractivity contribution in [1.82, 2.24) is 5.32 Å². The van der Waals surface area contributed by atoms with E-state index in [4.69, 9.17) is 9.84 Å². The van der Waals surface area contributed by atoms with Gasteiger partial charge in [-0.05, 0) is 31.5 Å². The van der Waals surface area contributed by atoms with E-state index >= 15 is 0 Å². The van der Waals surface area contributed by atoms with Gasteiger partial charge in [-0.25, -0.2) is 4.39 Å². The Kier molecular flexibility index (Phi) is 4.67. The molecule has 100 valence electrons. The molecule has 0 spiro atoms. The van der Waals surface area contributed by atoms with Crippen LogP contribution >= 0.6 is 0 Å². The molecular weight excluding hydrogens is 237 g/mol. The molecule has 1 aromatic carbocycles. The lowest BCUT2D eigenvalue weighted by Crippen LogP contribution is -2.48. The van der Waals surface area contributed by atoms with Crippen LogP contribution < -0.4 is 10.1 Å². The van der Waals surface area contributed by atoms with Crippen molar-refractivity contribution >= 4 is 5.97 Å². The summed E-state index contributed by atoms with van der Waals surface area (Å²) in [6.45, 7) is 3.61. The minimum Gasteiger partial charge on any atom is -0.496 e. The first-order valence-corrected chi connectivity index (χ1v) is 5.73. The monoisotopic (exact) mass is 255 g/mol. The second-order valence-electron chi connectivity index (χ2n) is 4.30. The summed E-state index contributed by atoms with van der Waals surface area (Å²) in [6, 6.07) is 4.17. The predicted octanol–water partition coefficient (Wildman–Crippen LogP) is 2.18. The van der Waals surface area contributed by atoms with E-state index < -0.39 is 11.5 Å². The molecule has 5 heteroatoms. The van der Waals surface area contributed by atoms with Gasteiger partial charge < -0.3 is 9.84 Å². The van der Waals surface area contributed by atoms with Crippen LogP contribution in [0.5, 0.6) is 5.75 Å². The molecule has 1 unspecified atom stereocenters. The van der Waals surface area contributed by atoms with E-state index in [0.29, 0.717) is 17.7 Å². The zero-order valence-corrected chi connectivity index (χ0v) is 10.8. The van der Waals surface area contributed by atoms with Gasteiger partial charge in [0.2, 0.25) is 0 Å². The zero-order chi connectivity index (χ0) is 13.8. The van der Waals surface area contributed by atoms with E-state index in [1.807, 2.05) is 0 Å². The number of halogens is 1. The molecule has 1 aromatic rings. The molecule has 0 amide bonds. The molecular formula is C13H18FNO3. The average molecular weight is 255 g/mol. The summed E-state index contributed by atoms with van der Waals surface area (Å²) < 4.78 is 18.2. The Hall–Kier alpha value is -1.62. The number of carbonyl (C=O) groups is 1. The van der Waals surface area contributed by atoms with Crippen LogP contribution in [-0.2, 0) is 11.3 Å². The highest BCUT2D eigenvalue weighted by molar-refractivity contribution is 5.78. The van der Waals surface area contributed by atoms with Gasteiger partial charge in [-0.3, -0.25) is 10.1 Å². The Labute approximate surface area is 106 Å². The first-order chi connectivity index (χ1) is 8.42. The Balaban J connectivity index is 2.85. The number of carboxylic acids is 1. The lowest BCUT2D eigenvalue weighted by atomic mass is 9.98. The smallest absolute Gasteiger partial charge is 0.323 e. The van der Waals surface area contributed by atoms with Crippen molar-refractivity contribution in [3.05, 3.63) is 29.6 Å². The van der Waals surface area contributed by atoms with Gasteiger partial charge in [0, 0.05) is 12.1 Å². The second-order valence-corrected chi connectivity index (χ2v) is 4.30. The van der Waals surface area contributed by atoms with Crippen LogP contribution in [-0.4, -0.2) is 23.7 Å². The molecule has 1 atom stereocenters. The van der Waals surface area contributed by atoms with Gasteiger partial charge in [-0.1, -0.05) is 6.92 Å². The highest BCUT2D eigenvalue weighted by Gasteiger charge is 2.30. The van der Waals surface area contributed by atoms with Gasteiger partial charge in [-0.2, -0.15) is 0 Å². The van der Waals surface area contributed by atoms with E-state index in [2.05, 4.69) is 5.32 Å². The standard InChI is InChI=1S/C13H18FNO3/c1-4-13(2,12(16)17)15-8-9-7-10(14)5-6-11(9)18-3/h5-7,15H,4,8H2,1-3H3,(H,16,17). The number of nitrogens with one attached hydrogen (secondary N) is 1. The summed E-state index contributed by atoms with van der Waals surface area (Å²) in [7, 11) is 1.49. The molecule has 0 aliphatic rings. The summed E-state index contributed by atoms with van der Waals surface area (Å²) in [5, 5.41) is 12.0. The first kappa shape index (κ1) is 14.4. The third kappa shape index (κ3) is 3.20. The fourth-order valence-electron chi connectivity index (χ4n) is 1.53. The minimum absolute atomic E-state index is 0.234. The summed E-state index contributed by atoms with van der Waals surface area (Å²) in [5.74, 6) is -0.769. The van der Waals surface area contributed by atoms with Gasteiger partial charge in [0.15, 0.2) is 0 Å². The van der Waals surface area contributed by atoms with Crippen LogP contribution in [0.4, 0.5) is 4.39 Å². The number of methoxy groups -OCH3 is 1. The molecule has 0 fully saturated rings. The molecule has 18 heavy (non-hydrogen) atoms. The summed E-state index contributed by atoms with van der Waals surface area (Å²) in [5.41, 5.74) is -0.435. The number of carboxylic acid groups (broad SMARTS) is 1. The van der Waals surface area contributed by atoms with E-state index in [1.165, 1.54) is 25.3 Å². The predicted molar refractivity (Wildman–Crippen MR) is 66.1 cm³/mol. The van der Waals surface area contributed by atoms with Gasteiger partial charge in [0.25, 0.3) is 0 Å². The number of ether oxygens (including phenoxy) is 1. The summed E-state index contributed by atoms with van der Waals surface area (Å²) >= 11 is 0. The van der Waals surface area contributed by atoms with Crippen molar-refractivity contribution in [2.75, 3.05) is 7.11 Å². The average Bonchev–Trinajstić information content (AvgIpc) is 2.35. The molecule has 4 nitrogen and oxygen atoms in total. The number of hydrogen-bond donors (Lipinski definition) is 2. The molecule has 0 aliphatic heterocycles. The van der Waals surface area contributed by atoms with E-state index in [9.17, 15) is 9.18 Å². The second kappa shape index (κ2) is 5.82. The first-order valence-electron chi connectivity index (χ1n) is 5.73. The molecule has 0 saturated heterocycles. The van der Waals surface area contributed by atoms with Gasteiger partial charge in [0.05, 0.1) is 7.11 Å². The third-order valence-corrected chi connectivity index (χ3v) is 3.09.